The standard InChI is InChI=1S/C14H14N2O3S/c1-3-11(17)16-10-7-5-4-6-9(10)13-15-8(2)12(20-13)14(18)19/h4-7H,3H2,1-2H3,(H,16,17)(H,18,19). The Bertz CT molecular complexity index is 664. The smallest absolute Gasteiger partial charge is 0.347 e. The Morgan fingerprint density at radius 1 is 1.35 bits per heavy atom. The summed E-state index contributed by atoms with van der Waals surface area (Å²) in [4.78, 5) is 27.1. The first-order valence-electron chi connectivity index (χ1n) is 6.13. The lowest BCUT2D eigenvalue weighted by atomic mass is 10.2. The molecule has 104 valence electrons. The van der Waals surface area contributed by atoms with E-state index in [-0.39, 0.29) is 10.8 Å². The number of carbonyl (C=O) groups is 2. The van der Waals surface area contributed by atoms with Crippen LogP contribution >= 0.6 is 11.3 Å². The summed E-state index contributed by atoms with van der Waals surface area (Å²) in [5.74, 6) is -1.08. The van der Waals surface area contributed by atoms with Gasteiger partial charge >= 0.3 is 5.97 Å². The van der Waals surface area contributed by atoms with Crippen LogP contribution in [0.15, 0.2) is 24.3 Å². The van der Waals surface area contributed by atoms with E-state index >= 15 is 0 Å². The fourth-order valence-corrected chi connectivity index (χ4v) is 2.67. The molecule has 1 aromatic carbocycles. The Morgan fingerprint density at radius 3 is 2.65 bits per heavy atom. The maximum atomic E-state index is 11.5. The van der Waals surface area contributed by atoms with Gasteiger partial charge in [-0.3, -0.25) is 4.79 Å². The van der Waals surface area contributed by atoms with Crippen molar-refractivity contribution in [3.8, 4) is 10.6 Å². The number of carboxylic acids is 1. The van der Waals surface area contributed by atoms with Gasteiger partial charge in [-0.05, 0) is 19.1 Å². The van der Waals surface area contributed by atoms with E-state index in [0.29, 0.717) is 22.8 Å². The van der Waals surface area contributed by atoms with Crippen LogP contribution < -0.4 is 5.32 Å². The van der Waals surface area contributed by atoms with Crippen LogP contribution in [0.4, 0.5) is 5.69 Å². The van der Waals surface area contributed by atoms with Crippen molar-refractivity contribution in [1.29, 1.82) is 0 Å². The lowest BCUT2D eigenvalue weighted by molar-refractivity contribution is -0.115. The fourth-order valence-electron chi connectivity index (χ4n) is 1.73. The van der Waals surface area contributed by atoms with E-state index in [4.69, 9.17) is 5.11 Å². The normalized spacial score (nSPS) is 10.3. The van der Waals surface area contributed by atoms with Gasteiger partial charge in [0, 0.05) is 12.0 Å². The fraction of sp³-hybridized carbons (Fsp3) is 0.214. The van der Waals surface area contributed by atoms with Gasteiger partial charge < -0.3 is 10.4 Å². The van der Waals surface area contributed by atoms with Crippen LogP contribution in [0.1, 0.15) is 28.7 Å². The zero-order valence-corrected chi connectivity index (χ0v) is 12.0. The van der Waals surface area contributed by atoms with Crippen molar-refractivity contribution in [3.05, 3.63) is 34.8 Å². The summed E-state index contributed by atoms with van der Waals surface area (Å²) in [6.07, 6.45) is 0.381. The first kappa shape index (κ1) is 14.2. The maximum Gasteiger partial charge on any atom is 0.347 e. The highest BCUT2D eigenvalue weighted by Crippen LogP contribution is 2.33. The number of carboxylic acid groups (broad SMARTS) is 1. The zero-order chi connectivity index (χ0) is 14.7. The molecule has 0 radical (unpaired) electrons. The van der Waals surface area contributed by atoms with Crippen molar-refractivity contribution < 1.29 is 14.7 Å². The molecule has 5 nitrogen and oxygen atoms in total. The van der Waals surface area contributed by atoms with Crippen molar-refractivity contribution in [2.75, 3.05) is 5.32 Å². The minimum absolute atomic E-state index is 0.0933. The number of nitrogens with one attached hydrogen (secondary N) is 1. The average molecular weight is 290 g/mol. The van der Waals surface area contributed by atoms with Gasteiger partial charge in [0.2, 0.25) is 5.91 Å². The summed E-state index contributed by atoms with van der Waals surface area (Å²) < 4.78 is 0. The number of hydrogen-bond donors (Lipinski definition) is 2. The first-order valence-corrected chi connectivity index (χ1v) is 6.94. The van der Waals surface area contributed by atoms with Crippen LogP contribution in [0.2, 0.25) is 0 Å². The lowest BCUT2D eigenvalue weighted by Crippen LogP contribution is -2.10. The molecular formula is C14H14N2O3S. The van der Waals surface area contributed by atoms with Gasteiger partial charge in [0.25, 0.3) is 0 Å². The number of nitrogens with zero attached hydrogens (tertiary/aromatic N) is 1. The van der Waals surface area contributed by atoms with E-state index in [1.54, 1.807) is 19.9 Å². The molecule has 0 unspecified atom stereocenters. The molecule has 0 aliphatic rings. The molecule has 20 heavy (non-hydrogen) atoms. The predicted octanol–water partition coefficient (Wildman–Crippen LogP) is 3.17. The van der Waals surface area contributed by atoms with E-state index in [2.05, 4.69) is 10.3 Å². The molecule has 0 atom stereocenters. The van der Waals surface area contributed by atoms with Crippen molar-refractivity contribution in [2.45, 2.75) is 20.3 Å². The van der Waals surface area contributed by atoms with Gasteiger partial charge in [0.15, 0.2) is 0 Å². The van der Waals surface area contributed by atoms with Gasteiger partial charge in [0.1, 0.15) is 9.88 Å². The number of carbonyl (C=O) groups excluding carboxylic acids is 1. The van der Waals surface area contributed by atoms with Crippen LogP contribution in [-0.4, -0.2) is 22.0 Å². The van der Waals surface area contributed by atoms with Crippen LogP contribution in [0.5, 0.6) is 0 Å². The Labute approximate surface area is 120 Å². The third kappa shape index (κ3) is 2.85. The number of amides is 1. The molecule has 0 bridgehead atoms. The molecule has 6 heteroatoms. The summed E-state index contributed by atoms with van der Waals surface area (Å²) in [5.41, 5.74) is 1.86. The summed E-state index contributed by atoms with van der Waals surface area (Å²) in [7, 11) is 0. The molecule has 1 aromatic heterocycles. The minimum atomic E-state index is -0.985. The maximum absolute atomic E-state index is 11.5. The van der Waals surface area contributed by atoms with Gasteiger partial charge in [-0.2, -0.15) is 0 Å². The Kier molecular flexibility index (Phi) is 4.14. The number of aromatic nitrogens is 1. The largest absolute Gasteiger partial charge is 0.477 e. The van der Waals surface area contributed by atoms with Gasteiger partial charge in [0.05, 0.1) is 11.4 Å². The van der Waals surface area contributed by atoms with Crippen LogP contribution in [0.3, 0.4) is 0 Å². The molecule has 0 fully saturated rings. The SMILES string of the molecule is CCC(=O)Nc1ccccc1-c1nc(C)c(C(=O)O)s1. The topological polar surface area (TPSA) is 79.3 Å². The van der Waals surface area contributed by atoms with Gasteiger partial charge in [-0.15, -0.1) is 11.3 Å². The number of para-hydroxylation sites is 1. The zero-order valence-electron chi connectivity index (χ0n) is 11.1. The van der Waals surface area contributed by atoms with Crippen molar-refractivity contribution in [2.24, 2.45) is 0 Å². The van der Waals surface area contributed by atoms with E-state index in [9.17, 15) is 9.59 Å². The van der Waals surface area contributed by atoms with E-state index in [1.165, 1.54) is 0 Å². The summed E-state index contributed by atoms with van der Waals surface area (Å²) >= 11 is 1.11. The second kappa shape index (κ2) is 5.83. The second-order valence-electron chi connectivity index (χ2n) is 4.19. The van der Waals surface area contributed by atoms with E-state index in [1.807, 2.05) is 18.2 Å². The van der Waals surface area contributed by atoms with Crippen LogP contribution in [-0.2, 0) is 4.79 Å². The molecule has 0 aliphatic carbocycles. The molecule has 0 spiro atoms. The quantitative estimate of drug-likeness (QED) is 0.906. The number of thiazole rings is 1. The Balaban J connectivity index is 2.45. The number of aromatic carboxylic acids is 1. The predicted molar refractivity (Wildman–Crippen MR) is 78.2 cm³/mol. The highest BCUT2D eigenvalue weighted by Gasteiger charge is 2.17. The van der Waals surface area contributed by atoms with Crippen LogP contribution in [0.25, 0.3) is 10.6 Å². The highest BCUT2D eigenvalue weighted by atomic mass is 32.1. The summed E-state index contributed by atoms with van der Waals surface area (Å²) in [5, 5.41) is 12.5. The third-order valence-corrected chi connectivity index (χ3v) is 3.92. The van der Waals surface area contributed by atoms with Gasteiger partial charge in [-0.25, -0.2) is 9.78 Å². The number of benzene rings is 1. The molecule has 1 amide bonds. The first-order chi connectivity index (χ1) is 9.52. The Morgan fingerprint density at radius 2 is 2.05 bits per heavy atom. The monoisotopic (exact) mass is 290 g/mol. The number of anilines is 1. The average Bonchev–Trinajstić information content (AvgIpc) is 2.81. The molecule has 1 heterocycles. The number of aryl methyl sites for hydroxylation is 1. The summed E-state index contributed by atoms with van der Waals surface area (Å²) in [6.45, 7) is 3.44. The second-order valence-corrected chi connectivity index (χ2v) is 5.19. The van der Waals surface area contributed by atoms with E-state index in [0.717, 1.165) is 16.9 Å². The lowest BCUT2D eigenvalue weighted by Gasteiger charge is -2.08. The molecule has 0 saturated heterocycles. The Hall–Kier alpha value is -2.21. The molecule has 2 N–H and O–H groups in total. The molecule has 0 aliphatic heterocycles. The van der Waals surface area contributed by atoms with Crippen molar-refractivity contribution >= 4 is 28.9 Å². The molecule has 2 aromatic rings. The number of rotatable bonds is 4. The highest BCUT2D eigenvalue weighted by molar-refractivity contribution is 7.17. The molecular weight excluding hydrogens is 276 g/mol. The summed E-state index contributed by atoms with van der Waals surface area (Å²) in [6, 6.07) is 7.23. The van der Waals surface area contributed by atoms with Gasteiger partial charge in [-0.1, -0.05) is 19.1 Å². The number of hydrogen-bond acceptors (Lipinski definition) is 4. The molecule has 2 rings (SSSR count). The van der Waals surface area contributed by atoms with Crippen LogP contribution in [0, 0.1) is 6.92 Å². The van der Waals surface area contributed by atoms with E-state index < -0.39 is 5.97 Å². The van der Waals surface area contributed by atoms with Crippen molar-refractivity contribution in [3.63, 3.8) is 0 Å². The third-order valence-electron chi connectivity index (χ3n) is 2.74. The molecule has 0 saturated carbocycles. The minimum Gasteiger partial charge on any atom is -0.477 e. The van der Waals surface area contributed by atoms with Crippen molar-refractivity contribution in [1.82, 2.24) is 4.98 Å².